The van der Waals surface area contributed by atoms with Gasteiger partial charge in [-0.1, -0.05) is 12.1 Å². The van der Waals surface area contributed by atoms with E-state index in [9.17, 15) is 9.59 Å². The average Bonchev–Trinajstić information content (AvgIpc) is 2.58. The zero-order valence-corrected chi connectivity index (χ0v) is 15.0. The Morgan fingerprint density at radius 3 is 2.80 bits per heavy atom. The lowest BCUT2D eigenvalue weighted by molar-refractivity contribution is 0.102. The maximum atomic E-state index is 13.1. The summed E-state index contributed by atoms with van der Waals surface area (Å²) in [5, 5.41) is 3.00. The van der Waals surface area contributed by atoms with E-state index in [4.69, 9.17) is 4.74 Å². The molecule has 0 fully saturated rings. The van der Waals surface area contributed by atoms with Crippen LogP contribution in [0.2, 0.25) is 0 Å². The van der Waals surface area contributed by atoms with Crippen LogP contribution in [0.15, 0.2) is 29.1 Å². The first-order valence-corrected chi connectivity index (χ1v) is 8.79. The van der Waals surface area contributed by atoms with Crippen molar-refractivity contribution in [2.75, 3.05) is 11.9 Å². The number of hydrogen-bond acceptors (Lipinski definition) is 3. The lowest BCUT2D eigenvalue weighted by Gasteiger charge is -2.23. The van der Waals surface area contributed by atoms with Gasteiger partial charge in [-0.15, -0.1) is 0 Å². The number of rotatable bonds is 4. The summed E-state index contributed by atoms with van der Waals surface area (Å²) in [6.45, 7) is 6.87. The molecule has 5 heteroatoms. The zero-order valence-electron chi connectivity index (χ0n) is 15.0. The standard InChI is InChI=1S/C20H24N2O3/c1-4-25-17-12-18(23)22-10-6-5-7-16(22)19(17)20(24)21-15-11-13(2)8-9-14(15)3/h8-9,11-12H,4-7,10H2,1-3H3,(H,21,24). The summed E-state index contributed by atoms with van der Waals surface area (Å²) in [6.07, 6.45) is 2.64. The van der Waals surface area contributed by atoms with E-state index in [0.717, 1.165) is 35.3 Å². The van der Waals surface area contributed by atoms with Gasteiger partial charge in [-0.05, 0) is 57.2 Å². The van der Waals surface area contributed by atoms with Gasteiger partial charge in [-0.2, -0.15) is 0 Å². The highest BCUT2D eigenvalue weighted by Crippen LogP contribution is 2.27. The molecule has 1 aromatic carbocycles. The predicted octanol–water partition coefficient (Wildman–Crippen LogP) is 3.45. The molecule has 1 aliphatic heterocycles. The molecule has 1 aromatic heterocycles. The van der Waals surface area contributed by atoms with Gasteiger partial charge < -0.3 is 14.6 Å². The van der Waals surface area contributed by atoms with Crippen LogP contribution in [0.4, 0.5) is 5.69 Å². The quantitative estimate of drug-likeness (QED) is 0.927. The summed E-state index contributed by atoms with van der Waals surface area (Å²) >= 11 is 0. The van der Waals surface area contributed by atoms with Crippen LogP contribution in [-0.4, -0.2) is 17.1 Å². The molecule has 1 amide bonds. The molecule has 0 aliphatic carbocycles. The second-order valence-corrected chi connectivity index (χ2v) is 6.48. The molecule has 0 bridgehead atoms. The Balaban J connectivity index is 2.06. The van der Waals surface area contributed by atoms with Gasteiger partial charge in [0.1, 0.15) is 11.3 Å². The van der Waals surface area contributed by atoms with E-state index in [1.54, 1.807) is 4.57 Å². The largest absolute Gasteiger partial charge is 0.493 e. The highest BCUT2D eigenvalue weighted by atomic mass is 16.5. The number of carbonyl (C=O) groups is 1. The van der Waals surface area contributed by atoms with Crippen molar-refractivity contribution in [2.24, 2.45) is 0 Å². The number of hydrogen-bond donors (Lipinski definition) is 1. The van der Waals surface area contributed by atoms with E-state index < -0.39 is 0 Å². The van der Waals surface area contributed by atoms with Crippen molar-refractivity contribution in [2.45, 2.75) is 46.6 Å². The number of anilines is 1. The first-order chi connectivity index (χ1) is 12.0. The number of fused-ring (bicyclic) bond motifs is 1. The summed E-state index contributed by atoms with van der Waals surface area (Å²) in [5.41, 5.74) is 4.04. The van der Waals surface area contributed by atoms with E-state index in [0.29, 0.717) is 30.9 Å². The Bertz CT molecular complexity index is 868. The van der Waals surface area contributed by atoms with Crippen LogP contribution >= 0.6 is 0 Å². The molecule has 0 saturated heterocycles. The summed E-state index contributed by atoms with van der Waals surface area (Å²) in [6, 6.07) is 7.39. The number of nitrogens with zero attached hydrogens (tertiary/aromatic N) is 1. The molecule has 1 N–H and O–H groups in total. The second kappa shape index (κ2) is 7.13. The fourth-order valence-corrected chi connectivity index (χ4v) is 3.31. The average molecular weight is 340 g/mol. The smallest absolute Gasteiger partial charge is 0.261 e. The summed E-state index contributed by atoms with van der Waals surface area (Å²) in [7, 11) is 0. The molecular formula is C20H24N2O3. The molecule has 5 nitrogen and oxygen atoms in total. The zero-order chi connectivity index (χ0) is 18.0. The summed E-state index contributed by atoms with van der Waals surface area (Å²) in [4.78, 5) is 25.4. The van der Waals surface area contributed by atoms with E-state index in [-0.39, 0.29) is 11.5 Å². The third-order valence-electron chi connectivity index (χ3n) is 4.59. The highest BCUT2D eigenvalue weighted by Gasteiger charge is 2.24. The van der Waals surface area contributed by atoms with Gasteiger partial charge in [0.15, 0.2) is 0 Å². The van der Waals surface area contributed by atoms with Gasteiger partial charge in [-0.25, -0.2) is 0 Å². The van der Waals surface area contributed by atoms with Crippen molar-refractivity contribution in [1.29, 1.82) is 0 Å². The predicted molar refractivity (Wildman–Crippen MR) is 98.7 cm³/mol. The van der Waals surface area contributed by atoms with Crippen molar-refractivity contribution in [1.82, 2.24) is 4.57 Å². The van der Waals surface area contributed by atoms with Crippen LogP contribution in [-0.2, 0) is 13.0 Å². The second-order valence-electron chi connectivity index (χ2n) is 6.48. The Hall–Kier alpha value is -2.56. The van der Waals surface area contributed by atoms with E-state index in [1.165, 1.54) is 6.07 Å². The molecule has 0 saturated carbocycles. The lowest BCUT2D eigenvalue weighted by atomic mass is 10.0. The molecule has 2 aromatic rings. The van der Waals surface area contributed by atoms with E-state index in [1.807, 2.05) is 39.0 Å². The molecule has 0 radical (unpaired) electrons. The lowest BCUT2D eigenvalue weighted by Crippen LogP contribution is -2.31. The number of aryl methyl sites for hydroxylation is 2. The molecule has 0 unspecified atom stereocenters. The Labute approximate surface area is 147 Å². The van der Waals surface area contributed by atoms with Gasteiger partial charge in [-0.3, -0.25) is 9.59 Å². The fourth-order valence-electron chi connectivity index (χ4n) is 3.31. The van der Waals surface area contributed by atoms with Gasteiger partial charge >= 0.3 is 0 Å². The van der Waals surface area contributed by atoms with Crippen LogP contribution in [0, 0.1) is 13.8 Å². The normalized spacial score (nSPS) is 13.2. The van der Waals surface area contributed by atoms with Gasteiger partial charge in [0.05, 0.1) is 6.61 Å². The number of benzene rings is 1. The van der Waals surface area contributed by atoms with Crippen molar-refractivity contribution in [3.8, 4) is 5.75 Å². The number of aromatic nitrogens is 1. The Morgan fingerprint density at radius 2 is 2.04 bits per heavy atom. The van der Waals surface area contributed by atoms with Crippen molar-refractivity contribution in [3.63, 3.8) is 0 Å². The van der Waals surface area contributed by atoms with Crippen LogP contribution in [0.25, 0.3) is 0 Å². The van der Waals surface area contributed by atoms with Gasteiger partial charge in [0.2, 0.25) is 0 Å². The number of ether oxygens (including phenoxy) is 1. The van der Waals surface area contributed by atoms with Gasteiger partial charge in [0.25, 0.3) is 11.5 Å². The first kappa shape index (κ1) is 17.3. The van der Waals surface area contributed by atoms with Crippen molar-refractivity contribution in [3.05, 3.63) is 57.0 Å². The number of amides is 1. The third-order valence-corrected chi connectivity index (χ3v) is 4.59. The molecule has 0 spiro atoms. The number of nitrogens with one attached hydrogen (secondary N) is 1. The Morgan fingerprint density at radius 1 is 1.24 bits per heavy atom. The third kappa shape index (κ3) is 3.45. The minimum atomic E-state index is -0.220. The van der Waals surface area contributed by atoms with E-state index >= 15 is 0 Å². The van der Waals surface area contributed by atoms with Gasteiger partial charge in [0, 0.05) is 24.0 Å². The van der Waals surface area contributed by atoms with Crippen molar-refractivity contribution < 1.29 is 9.53 Å². The van der Waals surface area contributed by atoms with E-state index in [2.05, 4.69) is 5.32 Å². The molecule has 25 heavy (non-hydrogen) atoms. The maximum absolute atomic E-state index is 13.1. The monoisotopic (exact) mass is 340 g/mol. The Kier molecular flexibility index (Phi) is 4.93. The van der Waals surface area contributed by atoms with Crippen LogP contribution in [0.1, 0.15) is 46.9 Å². The van der Waals surface area contributed by atoms with Crippen molar-refractivity contribution >= 4 is 11.6 Å². The molecule has 2 heterocycles. The first-order valence-electron chi connectivity index (χ1n) is 8.79. The van der Waals surface area contributed by atoms with Crippen LogP contribution in [0.3, 0.4) is 0 Å². The molecule has 3 rings (SSSR count). The number of pyridine rings is 1. The minimum Gasteiger partial charge on any atom is -0.493 e. The topological polar surface area (TPSA) is 60.3 Å². The number of carbonyl (C=O) groups excluding carboxylic acids is 1. The van der Waals surface area contributed by atoms with Crippen LogP contribution in [0.5, 0.6) is 5.75 Å². The summed E-state index contributed by atoms with van der Waals surface area (Å²) < 4.78 is 7.33. The molecule has 0 atom stereocenters. The maximum Gasteiger partial charge on any atom is 0.261 e. The minimum absolute atomic E-state index is 0.0959. The molecular weight excluding hydrogens is 316 g/mol. The molecule has 1 aliphatic rings. The summed E-state index contributed by atoms with van der Waals surface area (Å²) in [5.74, 6) is 0.159. The SMILES string of the molecule is CCOc1cc(=O)n2c(c1C(=O)Nc1cc(C)ccc1C)CCCC2. The fraction of sp³-hybridized carbons (Fsp3) is 0.400. The molecule has 132 valence electrons. The highest BCUT2D eigenvalue weighted by molar-refractivity contribution is 6.07. The van der Waals surface area contributed by atoms with Crippen LogP contribution < -0.4 is 15.6 Å².